The molecule has 37 heavy (non-hydrogen) atoms. The fraction of sp³-hybridized carbons (Fsp3) is 0.462. The highest BCUT2D eigenvalue weighted by Crippen LogP contribution is 2.60. The summed E-state index contributed by atoms with van der Waals surface area (Å²) in [5.74, 6) is -4.53. The summed E-state index contributed by atoms with van der Waals surface area (Å²) in [4.78, 5) is 28.5. The second-order valence-electron chi connectivity index (χ2n) is 10.5. The Hall–Kier alpha value is -2.19. The molecule has 0 bridgehead atoms. The van der Waals surface area contributed by atoms with Gasteiger partial charge in [0.25, 0.3) is 0 Å². The van der Waals surface area contributed by atoms with Gasteiger partial charge in [0.2, 0.25) is 11.8 Å². The Morgan fingerprint density at radius 3 is 2.54 bits per heavy atom. The molecule has 1 saturated carbocycles. The van der Waals surface area contributed by atoms with Gasteiger partial charge < -0.3 is 29.7 Å². The summed E-state index contributed by atoms with van der Waals surface area (Å²) in [6.07, 6.45) is 0.0394. The average molecular weight is 621 g/mol. The van der Waals surface area contributed by atoms with Crippen molar-refractivity contribution in [3.05, 3.63) is 45.5 Å². The van der Waals surface area contributed by atoms with Gasteiger partial charge in [0.1, 0.15) is 0 Å². The molecule has 2 saturated heterocycles. The van der Waals surface area contributed by atoms with Crippen LogP contribution in [0.4, 0.5) is 5.69 Å². The molecule has 3 aliphatic rings. The lowest BCUT2D eigenvalue weighted by atomic mass is 9.62. The molecule has 5 rings (SSSR count). The number of phenolic OH excluding ortho intramolecular Hbond substituents is 1. The molecule has 11 heteroatoms. The van der Waals surface area contributed by atoms with Gasteiger partial charge in [-0.25, -0.2) is 0 Å². The van der Waals surface area contributed by atoms with E-state index in [1.54, 1.807) is 24.3 Å². The topological polar surface area (TPSA) is 137 Å². The number of aromatic hydroxyl groups is 1. The van der Waals surface area contributed by atoms with Crippen molar-refractivity contribution >= 4 is 52.7 Å². The number of halogens is 1. The van der Waals surface area contributed by atoms with E-state index in [-0.39, 0.29) is 40.4 Å². The zero-order valence-electron chi connectivity index (χ0n) is 20.7. The van der Waals surface area contributed by atoms with E-state index in [1.165, 1.54) is 19.2 Å². The van der Waals surface area contributed by atoms with Crippen LogP contribution in [-0.4, -0.2) is 52.1 Å². The number of carbonyl (C=O) groups is 2. The van der Waals surface area contributed by atoms with E-state index in [1.807, 2.05) is 36.4 Å². The van der Waals surface area contributed by atoms with Gasteiger partial charge in [-0.2, -0.15) is 0 Å². The first kappa shape index (κ1) is 26.4. The van der Waals surface area contributed by atoms with Gasteiger partial charge in [-0.3, -0.25) is 14.5 Å². The summed E-state index contributed by atoms with van der Waals surface area (Å²) in [5, 5.41) is 41.4. The molecule has 4 N–H and O–H groups in total. The van der Waals surface area contributed by atoms with E-state index < -0.39 is 42.7 Å². The van der Waals surface area contributed by atoms with E-state index in [0.717, 1.165) is 4.90 Å². The predicted octanol–water partition coefficient (Wildman–Crippen LogP) is 1.93. The number of anilines is 1. The number of benzene rings is 2. The van der Waals surface area contributed by atoms with Gasteiger partial charge in [-0.15, -0.1) is 0 Å². The van der Waals surface area contributed by atoms with Crippen LogP contribution in [0.25, 0.3) is 0 Å². The fourth-order valence-electron chi connectivity index (χ4n) is 6.39. The van der Waals surface area contributed by atoms with Crippen molar-refractivity contribution in [2.24, 2.45) is 29.6 Å². The number of imide groups is 1. The number of carbonyl (C=O) groups excluding carboxylic acids is 2. The molecule has 2 aromatic carbocycles. The first-order valence-electron chi connectivity index (χ1n) is 12.3. The molecule has 1 aliphatic carbocycles. The Morgan fingerprint density at radius 1 is 1.16 bits per heavy atom. The number of rotatable bonds is 5. The Morgan fingerprint density at radius 2 is 1.89 bits per heavy atom. The third-order valence-corrected chi connectivity index (χ3v) is 8.98. The zero-order valence-corrected chi connectivity index (χ0v) is 22.8. The summed E-state index contributed by atoms with van der Waals surface area (Å²) >= 11 is 2.00. The Labute approximate surface area is 228 Å². The summed E-state index contributed by atoms with van der Waals surface area (Å²) in [5.41, 5.74) is 1.15. The molecule has 0 unspecified atom stereocenters. The summed E-state index contributed by atoms with van der Waals surface area (Å²) < 4.78 is 12.2. The molecule has 2 aromatic rings. The second-order valence-corrected chi connectivity index (χ2v) is 11.6. The van der Waals surface area contributed by atoms with Crippen LogP contribution in [0.15, 0.2) is 36.4 Å². The Kier molecular flexibility index (Phi) is 6.81. The number of fused-ring (bicyclic) bond motifs is 3. The molecular formula is C26H29BINO8. The van der Waals surface area contributed by atoms with Crippen LogP contribution >= 0.6 is 22.6 Å². The van der Waals surface area contributed by atoms with Crippen molar-refractivity contribution in [1.29, 1.82) is 0 Å². The van der Waals surface area contributed by atoms with E-state index in [0.29, 0.717) is 22.0 Å². The lowest BCUT2D eigenvalue weighted by Gasteiger charge is -2.46. The van der Waals surface area contributed by atoms with Crippen LogP contribution in [0.2, 0.25) is 0 Å². The highest BCUT2D eigenvalue weighted by Gasteiger charge is 2.67. The first-order chi connectivity index (χ1) is 17.5. The highest BCUT2D eigenvalue weighted by molar-refractivity contribution is 14.1. The molecular weight excluding hydrogens is 592 g/mol. The number of hydrogen-bond acceptors (Lipinski definition) is 8. The normalized spacial score (nSPS) is 31.0. The summed E-state index contributed by atoms with van der Waals surface area (Å²) in [6, 6.07) is 9.51. The molecule has 9 nitrogen and oxygen atoms in total. The van der Waals surface area contributed by atoms with Crippen LogP contribution in [-0.2, 0) is 14.3 Å². The van der Waals surface area contributed by atoms with Gasteiger partial charge in [-0.1, -0.05) is 26.0 Å². The minimum Gasteiger partial charge on any atom is -0.504 e. The zero-order chi connectivity index (χ0) is 26.8. The molecule has 2 heterocycles. The molecule has 3 fully saturated rings. The number of ether oxygens (including phenoxy) is 2. The third kappa shape index (κ3) is 4.15. The summed E-state index contributed by atoms with van der Waals surface area (Å²) in [7, 11) is -0.279. The largest absolute Gasteiger partial charge is 0.504 e. The van der Waals surface area contributed by atoms with Crippen molar-refractivity contribution in [2.45, 2.75) is 38.6 Å². The van der Waals surface area contributed by atoms with Gasteiger partial charge in [0.15, 0.2) is 17.3 Å². The van der Waals surface area contributed by atoms with Crippen molar-refractivity contribution in [2.75, 3.05) is 12.0 Å². The second kappa shape index (κ2) is 9.53. The Bertz CT molecular complexity index is 1260. The van der Waals surface area contributed by atoms with Crippen molar-refractivity contribution < 1.29 is 39.3 Å². The maximum atomic E-state index is 13.8. The van der Waals surface area contributed by atoms with Gasteiger partial charge >= 0.3 is 7.12 Å². The van der Waals surface area contributed by atoms with Gasteiger partial charge in [-0.05, 0) is 76.6 Å². The number of phenols is 1. The Balaban J connectivity index is 1.54. The monoisotopic (exact) mass is 621 g/mol. The smallest absolute Gasteiger partial charge is 0.488 e. The summed E-state index contributed by atoms with van der Waals surface area (Å²) in [6.45, 7) is 3.93. The molecule has 0 radical (unpaired) electrons. The third-order valence-electron chi connectivity index (χ3n) is 8.15. The number of amides is 2. The SMILES string of the molecule is COc1cc([C@@H]2C[C@H]3[C@H]4C(=O)N(c5cccc(B(O)O)c5)C(=O)[C@H]4C[C@H](C(C)C)[C@@]3(O)O2)cc(I)c1O. The lowest BCUT2D eigenvalue weighted by Crippen LogP contribution is -2.55. The van der Waals surface area contributed by atoms with Crippen LogP contribution in [0.1, 0.15) is 38.4 Å². The lowest BCUT2D eigenvalue weighted by molar-refractivity contribution is -0.276. The quantitative estimate of drug-likeness (QED) is 0.226. The van der Waals surface area contributed by atoms with Crippen LogP contribution in [0.3, 0.4) is 0 Å². The number of nitrogens with zero attached hydrogens (tertiary/aromatic N) is 1. The molecule has 0 aromatic heterocycles. The van der Waals surface area contributed by atoms with Crippen LogP contribution in [0.5, 0.6) is 11.5 Å². The number of hydrogen-bond donors (Lipinski definition) is 4. The van der Waals surface area contributed by atoms with E-state index >= 15 is 0 Å². The highest BCUT2D eigenvalue weighted by atomic mass is 127. The fourth-order valence-corrected chi connectivity index (χ4v) is 7.01. The van der Waals surface area contributed by atoms with E-state index in [9.17, 15) is 29.9 Å². The van der Waals surface area contributed by atoms with Crippen LogP contribution < -0.4 is 15.1 Å². The number of methoxy groups -OCH3 is 1. The molecule has 2 amide bonds. The van der Waals surface area contributed by atoms with E-state index in [2.05, 4.69) is 0 Å². The van der Waals surface area contributed by atoms with Crippen LogP contribution in [0, 0.1) is 33.2 Å². The van der Waals surface area contributed by atoms with Crippen molar-refractivity contribution in [1.82, 2.24) is 0 Å². The maximum absolute atomic E-state index is 13.8. The molecule has 196 valence electrons. The maximum Gasteiger partial charge on any atom is 0.488 e. The molecule has 6 atom stereocenters. The first-order valence-corrected chi connectivity index (χ1v) is 13.4. The predicted molar refractivity (Wildman–Crippen MR) is 143 cm³/mol. The van der Waals surface area contributed by atoms with Crippen molar-refractivity contribution in [3.63, 3.8) is 0 Å². The minimum absolute atomic E-state index is 0.0172. The van der Waals surface area contributed by atoms with Gasteiger partial charge in [0, 0.05) is 11.8 Å². The molecule has 0 spiro atoms. The standard InChI is InChI=1S/C26H29BINO8/c1-12(2)17-10-16-22(25(32)29(24(16)31)15-6-4-5-14(9-15)27(34)35)18-11-20(37-26(17,18)33)13-7-19(28)23(30)21(8-13)36-3/h4-9,12,16-18,20,22,30,33-35H,10-11H2,1-3H3/t16-,17+,18-,20-,22-,26+/m0/s1. The van der Waals surface area contributed by atoms with E-state index in [4.69, 9.17) is 9.47 Å². The number of aliphatic hydroxyl groups is 1. The van der Waals surface area contributed by atoms with Gasteiger partial charge in [0.05, 0.1) is 34.3 Å². The minimum atomic E-state index is -1.74. The average Bonchev–Trinajstić information content (AvgIpc) is 3.33. The van der Waals surface area contributed by atoms with Crippen molar-refractivity contribution in [3.8, 4) is 11.5 Å². The molecule has 2 aliphatic heterocycles.